The standard InChI is InChI=1S/C17H16F3N3O3/c1-16(2)9-14(24)21-22(16)15(17(18,19)20)12-7-3-6-11-10(12)5-4-8-13(11)23(25)26/h3-8,15H,9H2,1-2H3,(H,21,24). The predicted octanol–water partition coefficient (Wildman–Crippen LogP) is 3.87. The van der Waals surface area contributed by atoms with E-state index in [1.807, 2.05) is 0 Å². The normalized spacial score (nSPS) is 18.7. The van der Waals surface area contributed by atoms with Crippen LogP contribution in [0.2, 0.25) is 0 Å². The molecule has 1 aliphatic heterocycles. The molecule has 2 aromatic rings. The number of hydrazine groups is 1. The summed E-state index contributed by atoms with van der Waals surface area (Å²) in [4.78, 5) is 22.3. The van der Waals surface area contributed by atoms with Gasteiger partial charge in [0.15, 0.2) is 6.04 Å². The molecule has 0 radical (unpaired) electrons. The lowest BCUT2D eigenvalue weighted by molar-refractivity contribution is -0.383. The monoisotopic (exact) mass is 367 g/mol. The highest BCUT2D eigenvalue weighted by Gasteiger charge is 2.53. The first-order valence-corrected chi connectivity index (χ1v) is 7.84. The van der Waals surface area contributed by atoms with Gasteiger partial charge >= 0.3 is 6.18 Å². The number of nitro groups is 1. The lowest BCUT2D eigenvalue weighted by atomic mass is 9.93. The van der Waals surface area contributed by atoms with Crippen molar-refractivity contribution >= 4 is 22.4 Å². The van der Waals surface area contributed by atoms with Gasteiger partial charge in [-0.15, -0.1) is 0 Å². The second-order valence-corrected chi connectivity index (χ2v) is 6.81. The molecule has 2 aromatic carbocycles. The number of non-ortho nitro benzene ring substituents is 1. The van der Waals surface area contributed by atoms with Crippen molar-refractivity contribution in [2.45, 2.75) is 38.0 Å². The van der Waals surface area contributed by atoms with E-state index in [2.05, 4.69) is 5.43 Å². The zero-order valence-corrected chi connectivity index (χ0v) is 14.0. The Labute approximate surface area is 146 Å². The molecule has 0 aromatic heterocycles. The van der Waals surface area contributed by atoms with Crippen LogP contribution in [-0.2, 0) is 4.79 Å². The number of nitrogens with one attached hydrogen (secondary N) is 1. The molecule has 1 atom stereocenters. The molecule has 138 valence electrons. The van der Waals surface area contributed by atoms with Gasteiger partial charge in [0.2, 0.25) is 5.91 Å². The summed E-state index contributed by atoms with van der Waals surface area (Å²) < 4.78 is 42.0. The molecule has 1 saturated heterocycles. The molecule has 9 heteroatoms. The zero-order valence-electron chi connectivity index (χ0n) is 14.0. The Kier molecular flexibility index (Phi) is 4.14. The van der Waals surface area contributed by atoms with E-state index >= 15 is 0 Å². The number of fused-ring (bicyclic) bond motifs is 1. The topological polar surface area (TPSA) is 75.5 Å². The van der Waals surface area contributed by atoms with E-state index in [4.69, 9.17) is 0 Å². The Morgan fingerprint density at radius 3 is 2.35 bits per heavy atom. The molecular formula is C17H16F3N3O3. The van der Waals surface area contributed by atoms with Gasteiger partial charge in [-0.1, -0.05) is 24.3 Å². The molecule has 6 nitrogen and oxygen atoms in total. The predicted molar refractivity (Wildman–Crippen MR) is 88.1 cm³/mol. The molecule has 1 fully saturated rings. The van der Waals surface area contributed by atoms with E-state index in [1.165, 1.54) is 50.2 Å². The number of carbonyl (C=O) groups is 1. The first-order chi connectivity index (χ1) is 12.0. The first kappa shape index (κ1) is 18.1. The fourth-order valence-corrected chi connectivity index (χ4v) is 3.39. The third-order valence-corrected chi connectivity index (χ3v) is 4.48. The Balaban J connectivity index is 2.25. The number of nitrogens with zero attached hydrogens (tertiary/aromatic N) is 2. The van der Waals surface area contributed by atoms with E-state index < -0.39 is 28.6 Å². The number of hydrogen-bond donors (Lipinski definition) is 1. The van der Waals surface area contributed by atoms with Crippen LogP contribution in [0.1, 0.15) is 31.9 Å². The minimum absolute atomic E-state index is 0.0789. The average molecular weight is 367 g/mol. The molecule has 1 aliphatic rings. The van der Waals surface area contributed by atoms with E-state index in [0.717, 1.165) is 5.01 Å². The molecule has 26 heavy (non-hydrogen) atoms. The highest BCUT2D eigenvalue weighted by atomic mass is 19.4. The largest absolute Gasteiger partial charge is 0.409 e. The number of hydrogen-bond acceptors (Lipinski definition) is 4. The summed E-state index contributed by atoms with van der Waals surface area (Å²) in [6.45, 7) is 3.08. The third kappa shape index (κ3) is 2.98. The van der Waals surface area contributed by atoms with Gasteiger partial charge in [-0.05, 0) is 30.9 Å². The van der Waals surface area contributed by atoms with Gasteiger partial charge in [-0.3, -0.25) is 20.3 Å². The molecule has 1 unspecified atom stereocenters. The third-order valence-electron chi connectivity index (χ3n) is 4.48. The minimum Gasteiger partial charge on any atom is -0.287 e. The van der Waals surface area contributed by atoms with Gasteiger partial charge in [0.05, 0.1) is 10.3 Å². The van der Waals surface area contributed by atoms with E-state index in [1.54, 1.807) is 0 Å². The summed E-state index contributed by atoms with van der Waals surface area (Å²) in [5.41, 5.74) is 0.810. The maximum atomic E-state index is 14.0. The fourth-order valence-electron chi connectivity index (χ4n) is 3.39. The second kappa shape index (κ2) is 5.94. The molecule has 0 aliphatic carbocycles. The summed E-state index contributed by atoms with van der Waals surface area (Å²) in [5, 5.41) is 12.3. The van der Waals surface area contributed by atoms with Crippen molar-refractivity contribution in [1.29, 1.82) is 0 Å². The van der Waals surface area contributed by atoms with Crippen LogP contribution in [0.25, 0.3) is 10.8 Å². The van der Waals surface area contributed by atoms with E-state index in [-0.39, 0.29) is 28.4 Å². The maximum absolute atomic E-state index is 14.0. The van der Waals surface area contributed by atoms with Crippen LogP contribution in [0.5, 0.6) is 0 Å². The van der Waals surface area contributed by atoms with Crippen LogP contribution in [0, 0.1) is 10.1 Å². The number of rotatable bonds is 3. The van der Waals surface area contributed by atoms with Gasteiger partial charge in [-0.25, -0.2) is 0 Å². The van der Waals surface area contributed by atoms with Crippen LogP contribution in [-0.4, -0.2) is 27.6 Å². The summed E-state index contributed by atoms with van der Waals surface area (Å²) in [6, 6.07) is 5.94. The van der Waals surface area contributed by atoms with Crippen molar-refractivity contribution in [2.75, 3.05) is 0 Å². The SMILES string of the molecule is CC1(C)CC(=O)NN1C(c1cccc2c([N+](=O)[O-])cccc12)C(F)(F)F. The van der Waals surface area contributed by atoms with Crippen molar-refractivity contribution in [1.82, 2.24) is 10.4 Å². The molecule has 0 saturated carbocycles. The number of benzene rings is 2. The van der Waals surface area contributed by atoms with Crippen molar-refractivity contribution in [3.63, 3.8) is 0 Å². The zero-order chi connectivity index (χ0) is 19.3. The maximum Gasteiger partial charge on any atom is 0.409 e. The molecule has 1 heterocycles. The van der Waals surface area contributed by atoms with Gasteiger partial charge < -0.3 is 0 Å². The van der Waals surface area contributed by atoms with E-state index in [0.29, 0.717) is 0 Å². The molecule has 0 bridgehead atoms. The summed E-state index contributed by atoms with van der Waals surface area (Å²) in [6.07, 6.45) is -4.78. The van der Waals surface area contributed by atoms with Crippen LogP contribution >= 0.6 is 0 Å². The van der Waals surface area contributed by atoms with Crippen molar-refractivity contribution in [3.8, 4) is 0 Å². The molecular weight excluding hydrogens is 351 g/mol. The van der Waals surface area contributed by atoms with Crippen LogP contribution < -0.4 is 5.43 Å². The minimum atomic E-state index is -4.70. The van der Waals surface area contributed by atoms with E-state index in [9.17, 15) is 28.1 Å². The van der Waals surface area contributed by atoms with Crippen LogP contribution in [0.15, 0.2) is 36.4 Å². The smallest absolute Gasteiger partial charge is 0.287 e. The van der Waals surface area contributed by atoms with Gasteiger partial charge in [-0.2, -0.15) is 18.2 Å². The Hall–Kier alpha value is -2.68. The van der Waals surface area contributed by atoms with Crippen LogP contribution in [0.4, 0.5) is 18.9 Å². The Morgan fingerprint density at radius 2 is 1.81 bits per heavy atom. The van der Waals surface area contributed by atoms with Gasteiger partial charge in [0, 0.05) is 18.0 Å². The van der Waals surface area contributed by atoms with Gasteiger partial charge in [0.1, 0.15) is 0 Å². The highest BCUT2D eigenvalue weighted by molar-refractivity contribution is 5.93. The first-order valence-electron chi connectivity index (χ1n) is 7.84. The highest BCUT2D eigenvalue weighted by Crippen LogP contribution is 2.45. The average Bonchev–Trinajstić information content (AvgIpc) is 2.78. The molecule has 1 amide bonds. The van der Waals surface area contributed by atoms with Crippen LogP contribution in [0.3, 0.4) is 0 Å². The Bertz CT molecular complexity index is 896. The second-order valence-electron chi connectivity index (χ2n) is 6.81. The number of alkyl halides is 3. The number of halogens is 3. The van der Waals surface area contributed by atoms with Crippen molar-refractivity contribution in [3.05, 3.63) is 52.1 Å². The number of amides is 1. The quantitative estimate of drug-likeness (QED) is 0.660. The summed E-state index contributed by atoms with van der Waals surface area (Å²) in [5.74, 6) is -0.504. The summed E-state index contributed by atoms with van der Waals surface area (Å²) >= 11 is 0. The molecule has 0 spiro atoms. The van der Waals surface area contributed by atoms with Gasteiger partial charge in [0.25, 0.3) is 5.69 Å². The number of nitro benzene ring substituents is 1. The summed E-state index contributed by atoms with van der Waals surface area (Å²) in [7, 11) is 0. The van der Waals surface area contributed by atoms with Crippen molar-refractivity contribution in [2.24, 2.45) is 0 Å². The lowest BCUT2D eigenvalue weighted by Crippen LogP contribution is -2.51. The molecule has 3 rings (SSSR count). The molecule has 1 N–H and O–H groups in total. The Morgan fingerprint density at radius 1 is 1.19 bits per heavy atom. The number of carbonyl (C=O) groups excluding carboxylic acids is 1. The lowest BCUT2D eigenvalue weighted by Gasteiger charge is -2.38. The van der Waals surface area contributed by atoms with Crippen molar-refractivity contribution < 1.29 is 22.9 Å². The fraction of sp³-hybridized carbons (Fsp3) is 0.353.